The van der Waals surface area contributed by atoms with Gasteiger partial charge in [0, 0.05) is 11.8 Å². The smallest absolute Gasteiger partial charge is 0.338 e. The fourth-order valence-electron chi connectivity index (χ4n) is 2.09. The van der Waals surface area contributed by atoms with Crippen LogP contribution >= 0.6 is 0 Å². The molecule has 0 unspecified atom stereocenters. The van der Waals surface area contributed by atoms with E-state index in [0.717, 1.165) is 17.4 Å². The molecule has 23 heavy (non-hydrogen) atoms. The van der Waals surface area contributed by atoms with Crippen LogP contribution in [0.5, 0.6) is 5.75 Å². The molecule has 0 fully saturated rings. The maximum Gasteiger partial charge on any atom is 0.338 e. The molecule has 0 aliphatic rings. The molecular weight excluding hydrogens is 316 g/mol. The van der Waals surface area contributed by atoms with E-state index in [1.54, 1.807) is 7.11 Å². The molecule has 6 heteroatoms. The van der Waals surface area contributed by atoms with Crippen molar-refractivity contribution in [2.45, 2.75) is 18.4 Å². The molecule has 2 aromatic rings. The maximum absolute atomic E-state index is 12.1. The van der Waals surface area contributed by atoms with Gasteiger partial charge in [0.1, 0.15) is 12.4 Å². The van der Waals surface area contributed by atoms with Crippen LogP contribution < -0.4 is 4.74 Å². The first-order chi connectivity index (χ1) is 10.8. The van der Waals surface area contributed by atoms with Gasteiger partial charge in [0.05, 0.1) is 17.6 Å². The van der Waals surface area contributed by atoms with Gasteiger partial charge < -0.3 is 9.47 Å². The Labute approximate surface area is 135 Å². The van der Waals surface area contributed by atoms with Crippen molar-refractivity contribution in [2.75, 3.05) is 13.4 Å². The molecule has 0 saturated carbocycles. The fraction of sp³-hybridized carbons (Fsp3) is 0.235. The number of esters is 1. The number of hydrogen-bond acceptors (Lipinski definition) is 5. The van der Waals surface area contributed by atoms with Crippen molar-refractivity contribution in [1.29, 1.82) is 0 Å². The second-order valence-corrected chi connectivity index (χ2v) is 7.20. The monoisotopic (exact) mass is 334 g/mol. The summed E-state index contributed by atoms with van der Waals surface area (Å²) in [5.41, 5.74) is 2.10. The number of carbonyl (C=O) groups excluding carboxylic acids is 1. The number of methoxy groups -OCH3 is 1. The first-order valence-electron chi connectivity index (χ1n) is 6.92. The molecule has 5 nitrogen and oxygen atoms in total. The summed E-state index contributed by atoms with van der Waals surface area (Å²) in [6.45, 7) is 2.02. The van der Waals surface area contributed by atoms with E-state index >= 15 is 0 Å². The number of sulfone groups is 1. The van der Waals surface area contributed by atoms with E-state index in [-0.39, 0.29) is 11.5 Å². The SMILES string of the molecule is COc1ccc(C)cc1COC(=O)c1ccc(S(C)(=O)=O)cc1. The summed E-state index contributed by atoms with van der Waals surface area (Å²) in [4.78, 5) is 12.2. The van der Waals surface area contributed by atoms with Crippen LogP contribution in [0.4, 0.5) is 0 Å². The maximum atomic E-state index is 12.1. The molecule has 122 valence electrons. The normalized spacial score (nSPS) is 11.1. The molecule has 0 aromatic heterocycles. The third kappa shape index (κ3) is 4.32. The van der Waals surface area contributed by atoms with E-state index in [4.69, 9.17) is 9.47 Å². The number of rotatable bonds is 5. The van der Waals surface area contributed by atoms with Crippen LogP contribution in [0.2, 0.25) is 0 Å². The summed E-state index contributed by atoms with van der Waals surface area (Å²) >= 11 is 0. The third-order valence-electron chi connectivity index (χ3n) is 3.31. The molecule has 2 aromatic carbocycles. The standard InChI is InChI=1S/C17H18O5S/c1-12-4-9-16(21-2)14(10-12)11-22-17(18)13-5-7-15(8-6-13)23(3,19)20/h4-10H,11H2,1-3H3. The summed E-state index contributed by atoms with van der Waals surface area (Å²) in [6, 6.07) is 11.3. The molecule has 0 spiro atoms. The van der Waals surface area contributed by atoms with Crippen LogP contribution in [0, 0.1) is 6.92 Å². The highest BCUT2D eigenvalue weighted by molar-refractivity contribution is 7.90. The largest absolute Gasteiger partial charge is 0.496 e. The van der Waals surface area contributed by atoms with Gasteiger partial charge in [-0.25, -0.2) is 13.2 Å². The first-order valence-corrected chi connectivity index (χ1v) is 8.81. The van der Waals surface area contributed by atoms with Crippen LogP contribution in [0.15, 0.2) is 47.4 Å². The quantitative estimate of drug-likeness (QED) is 0.786. The van der Waals surface area contributed by atoms with Gasteiger partial charge in [-0.15, -0.1) is 0 Å². The zero-order valence-corrected chi connectivity index (χ0v) is 14.0. The average molecular weight is 334 g/mol. The molecule has 0 heterocycles. The molecule has 0 saturated heterocycles. The highest BCUT2D eigenvalue weighted by atomic mass is 32.2. The minimum absolute atomic E-state index is 0.0809. The van der Waals surface area contributed by atoms with Gasteiger partial charge in [0.25, 0.3) is 0 Å². The third-order valence-corrected chi connectivity index (χ3v) is 4.44. The number of hydrogen-bond donors (Lipinski definition) is 0. The Bertz CT molecular complexity index is 807. The van der Waals surface area contributed by atoms with Crippen molar-refractivity contribution in [3.63, 3.8) is 0 Å². The fourth-order valence-corrected chi connectivity index (χ4v) is 2.72. The number of ether oxygens (including phenoxy) is 2. The molecule has 0 aliphatic carbocycles. The van der Waals surface area contributed by atoms with Crippen LogP contribution in [0.1, 0.15) is 21.5 Å². The lowest BCUT2D eigenvalue weighted by molar-refractivity contribution is 0.0470. The second-order valence-electron chi connectivity index (χ2n) is 5.19. The Kier molecular flexibility index (Phi) is 5.05. The van der Waals surface area contributed by atoms with Crippen molar-refractivity contribution in [1.82, 2.24) is 0 Å². The summed E-state index contributed by atoms with van der Waals surface area (Å²) in [5.74, 6) is 0.129. The number of aryl methyl sites for hydroxylation is 1. The van der Waals surface area contributed by atoms with E-state index in [1.165, 1.54) is 24.3 Å². The molecule has 2 rings (SSSR count). The Hall–Kier alpha value is -2.34. The van der Waals surface area contributed by atoms with Crippen molar-refractivity contribution in [3.05, 3.63) is 59.2 Å². The van der Waals surface area contributed by atoms with Gasteiger partial charge in [0.2, 0.25) is 0 Å². The van der Waals surface area contributed by atoms with Crippen LogP contribution in [0.25, 0.3) is 0 Å². The highest BCUT2D eigenvalue weighted by Crippen LogP contribution is 2.21. The van der Waals surface area contributed by atoms with E-state index in [2.05, 4.69) is 0 Å². The van der Waals surface area contributed by atoms with Gasteiger partial charge in [-0.2, -0.15) is 0 Å². The second kappa shape index (κ2) is 6.83. The lowest BCUT2D eigenvalue weighted by Crippen LogP contribution is -2.07. The van der Waals surface area contributed by atoms with Crippen LogP contribution in [-0.4, -0.2) is 27.8 Å². The van der Waals surface area contributed by atoms with Crippen molar-refractivity contribution in [2.24, 2.45) is 0 Å². The average Bonchev–Trinajstić information content (AvgIpc) is 2.52. The van der Waals surface area contributed by atoms with Gasteiger partial charge in [0.15, 0.2) is 9.84 Å². The van der Waals surface area contributed by atoms with Crippen molar-refractivity contribution in [3.8, 4) is 5.75 Å². The summed E-state index contributed by atoms with van der Waals surface area (Å²) < 4.78 is 33.3. The summed E-state index contributed by atoms with van der Waals surface area (Å²) in [7, 11) is -1.73. The van der Waals surface area contributed by atoms with Gasteiger partial charge in [-0.05, 0) is 43.3 Å². The lowest BCUT2D eigenvalue weighted by Gasteiger charge is -2.10. The lowest BCUT2D eigenvalue weighted by atomic mass is 10.1. The Morgan fingerprint density at radius 1 is 1.09 bits per heavy atom. The minimum atomic E-state index is -3.28. The van der Waals surface area contributed by atoms with Crippen molar-refractivity contribution >= 4 is 15.8 Å². The number of benzene rings is 2. The summed E-state index contributed by atoms with van der Waals surface area (Å²) in [6.07, 6.45) is 1.12. The van der Waals surface area contributed by atoms with E-state index in [1.807, 2.05) is 25.1 Å². The zero-order chi connectivity index (χ0) is 17.0. The Morgan fingerprint density at radius 3 is 2.30 bits per heavy atom. The van der Waals surface area contributed by atoms with Crippen molar-refractivity contribution < 1.29 is 22.7 Å². The zero-order valence-electron chi connectivity index (χ0n) is 13.2. The van der Waals surface area contributed by atoms with E-state index in [9.17, 15) is 13.2 Å². The molecule has 0 amide bonds. The summed E-state index contributed by atoms with van der Waals surface area (Å²) in [5, 5.41) is 0. The molecule has 0 aliphatic heterocycles. The Morgan fingerprint density at radius 2 is 1.74 bits per heavy atom. The predicted octanol–water partition coefficient (Wildman–Crippen LogP) is 2.76. The van der Waals surface area contributed by atoms with E-state index < -0.39 is 15.8 Å². The highest BCUT2D eigenvalue weighted by Gasteiger charge is 2.12. The van der Waals surface area contributed by atoms with Crippen LogP contribution in [0.3, 0.4) is 0 Å². The van der Waals surface area contributed by atoms with E-state index in [0.29, 0.717) is 11.3 Å². The molecular formula is C17H18O5S. The predicted molar refractivity (Wildman–Crippen MR) is 86.4 cm³/mol. The minimum Gasteiger partial charge on any atom is -0.496 e. The van der Waals surface area contributed by atoms with Crippen LogP contribution in [-0.2, 0) is 21.2 Å². The first kappa shape index (κ1) is 17.0. The molecule has 0 radical (unpaired) electrons. The van der Waals surface area contributed by atoms with Gasteiger partial charge in [-0.1, -0.05) is 11.6 Å². The van der Waals surface area contributed by atoms with Gasteiger partial charge in [-0.3, -0.25) is 0 Å². The Balaban J connectivity index is 2.10. The number of carbonyl (C=O) groups is 1. The molecule has 0 bridgehead atoms. The van der Waals surface area contributed by atoms with Gasteiger partial charge >= 0.3 is 5.97 Å². The molecule has 0 N–H and O–H groups in total. The molecule has 0 atom stereocenters. The topological polar surface area (TPSA) is 69.7 Å².